The SMILES string of the molecule is CCN(Cc1ccc(OC)c(OC)c1)C(=O)CSc1n[nH]c(-c2ccc(Cl)cc2)n1. The van der Waals surface area contributed by atoms with Crippen LogP contribution in [0, 0.1) is 0 Å². The Kier molecular flexibility index (Phi) is 7.59. The fourth-order valence-electron chi connectivity index (χ4n) is 2.84. The van der Waals surface area contributed by atoms with Crippen molar-refractivity contribution in [2.24, 2.45) is 0 Å². The molecule has 0 saturated carbocycles. The molecule has 9 heteroatoms. The highest BCUT2D eigenvalue weighted by atomic mass is 35.5. The Hall–Kier alpha value is -2.71. The standard InChI is InChI=1S/C21H23ClN4O3S/c1-4-26(12-14-5-10-17(28-2)18(11-14)29-3)19(27)13-30-21-23-20(24-25-21)15-6-8-16(22)9-7-15/h5-11H,4,12-13H2,1-3H3,(H,23,24,25). The van der Waals surface area contributed by atoms with Crippen LogP contribution in [0.2, 0.25) is 5.02 Å². The smallest absolute Gasteiger partial charge is 0.233 e. The van der Waals surface area contributed by atoms with Crippen molar-refractivity contribution in [3.05, 3.63) is 53.1 Å². The van der Waals surface area contributed by atoms with Gasteiger partial charge < -0.3 is 14.4 Å². The van der Waals surface area contributed by atoms with Gasteiger partial charge in [0.2, 0.25) is 11.1 Å². The van der Waals surface area contributed by atoms with Crippen LogP contribution in [0.25, 0.3) is 11.4 Å². The number of ether oxygens (including phenoxy) is 2. The topological polar surface area (TPSA) is 80.3 Å². The number of H-pyrrole nitrogens is 1. The highest BCUT2D eigenvalue weighted by Gasteiger charge is 2.16. The monoisotopic (exact) mass is 446 g/mol. The molecule has 0 saturated heterocycles. The van der Waals surface area contributed by atoms with Gasteiger partial charge in [0.05, 0.1) is 20.0 Å². The third kappa shape index (κ3) is 5.46. The predicted octanol–water partition coefficient (Wildman–Crippen LogP) is 4.28. The van der Waals surface area contributed by atoms with Crippen molar-refractivity contribution < 1.29 is 14.3 Å². The summed E-state index contributed by atoms with van der Waals surface area (Å²) < 4.78 is 10.6. The number of rotatable bonds is 9. The minimum Gasteiger partial charge on any atom is -0.493 e. The molecule has 0 bridgehead atoms. The molecule has 0 aliphatic rings. The summed E-state index contributed by atoms with van der Waals surface area (Å²) in [4.78, 5) is 18.9. The summed E-state index contributed by atoms with van der Waals surface area (Å²) in [6.07, 6.45) is 0. The molecule has 1 N–H and O–H groups in total. The third-order valence-electron chi connectivity index (χ3n) is 4.46. The molecule has 0 unspecified atom stereocenters. The average molecular weight is 447 g/mol. The summed E-state index contributed by atoms with van der Waals surface area (Å²) in [5, 5.41) is 8.27. The van der Waals surface area contributed by atoms with Gasteiger partial charge in [0, 0.05) is 23.7 Å². The number of aromatic nitrogens is 3. The van der Waals surface area contributed by atoms with Crippen LogP contribution in [0.3, 0.4) is 0 Å². The molecular formula is C21H23ClN4O3S. The van der Waals surface area contributed by atoms with Gasteiger partial charge >= 0.3 is 0 Å². The van der Waals surface area contributed by atoms with Crippen molar-refractivity contribution in [3.8, 4) is 22.9 Å². The highest BCUT2D eigenvalue weighted by molar-refractivity contribution is 7.99. The van der Waals surface area contributed by atoms with Gasteiger partial charge in [-0.3, -0.25) is 9.89 Å². The first kappa shape index (κ1) is 22.0. The molecule has 0 fully saturated rings. The van der Waals surface area contributed by atoms with E-state index in [1.54, 1.807) is 31.3 Å². The number of carbonyl (C=O) groups excluding carboxylic acids is 1. The van der Waals surface area contributed by atoms with E-state index in [-0.39, 0.29) is 11.7 Å². The van der Waals surface area contributed by atoms with Crippen LogP contribution >= 0.6 is 23.4 Å². The van der Waals surface area contributed by atoms with Gasteiger partial charge in [-0.25, -0.2) is 4.98 Å². The summed E-state index contributed by atoms with van der Waals surface area (Å²) in [7, 11) is 3.19. The third-order valence-corrected chi connectivity index (χ3v) is 5.55. The lowest BCUT2D eigenvalue weighted by Gasteiger charge is -2.21. The largest absolute Gasteiger partial charge is 0.493 e. The lowest BCUT2D eigenvalue weighted by molar-refractivity contribution is -0.128. The minimum atomic E-state index is 0.00938. The van der Waals surface area contributed by atoms with Crippen molar-refractivity contribution in [3.63, 3.8) is 0 Å². The van der Waals surface area contributed by atoms with Gasteiger partial charge in [0.15, 0.2) is 17.3 Å². The number of benzene rings is 2. The van der Waals surface area contributed by atoms with Crippen LogP contribution in [0.15, 0.2) is 47.6 Å². The van der Waals surface area contributed by atoms with Gasteiger partial charge in [-0.1, -0.05) is 29.4 Å². The van der Waals surface area contributed by atoms with E-state index >= 15 is 0 Å². The Balaban J connectivity index is 1.60. The zero-order chi connectivity index (χ0) is 21.5. The van der Waals surface area contributed by atoms with Crippen molar-refractivity contribution in [2.75, 3.05) is 26.5 Å². The lowest BCUT2D eigenvalue weighted by Crippen LogP contribution is -2.31. The fourth-order valence-corrected chi connectivity index (χ4v) is 3.67. The van der Waals surface area contributed by atoms with Gasteiger partial charge in [-0.15, -0.1) is 5.10 Å². The summed E-state index contributed by atoms with van der Waals surface area (Å²) in [6, 6.07) is 13.0. The quantitative estimate of drug-likeness (QED) is 0.494. The number of methoxy groups -OCH3 is 2. The van der Waals surface area contributed by atoms with Crippen LogP contribution in [0.4, 0.5) is 0 Å². The molecule has 1 heterocycles. The molecule has 0 aliphatic carbocycles. The minimum absolute atomic E-state index is 0.00938. The van der Waals surface area contributed by atoms with Crippen molar-refractivity contribution in [2.45, 2.75) is 18.6 Å². The first-order valence-electron chi connectivity index (χ1n) is 9.33. The summed E-state index contributed by atoms with van der Waals surface area (Å²) in [6.45, 7) is 3.03. The zero-order valence-electron chi connectivity index (χ0n) is 17.0. The molecule has 3 aromatic rings. The fraction of sp³-hybridized carbons (Fsp3) is 0.286. The number of amides is 1. The van der Waals surface area contributed by atoms with Gasteiger partial charge in [-0.2, -0.15) is 0 Å². The second kappa shape index (κ2) is 10.4. The molecular weight excluding hydrogens is 424 g/mol. The average Bonchev–Trinajstić information content (AvgIpc) is 3.25. The van der Waals surface area contributed by atoms with E-state index in [2.05, 4.69) is 15.2 Å². The van der Waals surface area contributed by atoms with Crippen LogP contribution < -0.4 is 9.47 Å². The molecule has 0 atom stereocenters. The summed E-state index contributed by atoms with van der Waals surface area (Å²) in [5.41, 5.74) is 1.85. The van der Waals surface area contributed by atoms with E-state index < -0.39 is 0 Å². The maximum absolute atomic E-state index is 12.7. The Bertz CT molecular complexity index is 994. The lowest BCUT2D eigenvalue weighted by atomic mass is 10.2. The predicted molar refractivity (Wildman–Crippen MR) is 118 cm³/mol. The molecule has 0 spiro atoms. The Morgan fingerprint density at radius 1 is 1.13 bits per heavy atom. The number of halogens is 1. The van der Waals surface area contributed by atoms with Crippen LogP contribution in [0.1, 0.15) is 12.5 Å². The van der Waals surface area contributed by atoms with E-state index in [1.807, 2.05) is 37.3 Å². The molecule has 1 amide bonds. The number of nitrogens with one attached hydrogen (secondary N) is 1. The van der Waals surface area contributed by atoms with E-state index in [0.717, 1.165) is 11.1 Å². The number of thioether (sulfide) groups is 1. The number of carbonyl (C=O) groups is 1. The second-order valence-corrected chi connectivity index (χ2v) is 7.74. The number of nitrogens with zero attached hydrogens (tertiary/aromatic N) is 3. The molecule has 7 nitrogen and oxygen atoms in total. The van der Waals surface area contributed by atoms with Gasteiger partial charge in [0.1, 0.15) is 0 Å². The van der Waals surface area contributed by atoms with Crippen LogP contribution in [-0.4, -0.2) is 52.5 Å². The maximum atomic E-state index is 12.7. The van der Waals surface area contributed by atoms with Gasteiger partial charge in [0.25, 0.3) is 0 Å². The maximum Gasteiger partial charge on any atom is 0.233 e. The normalized spacial score (nSPS) is 10.7. The summed E-state index contributed by atoms with van der Waals surface area (Å²) in [5.74, 6) is 2.20. The van der Waals surface area contributed by atoms with Crippen molar-refractivity contribution in [1.82, 2.24) is 20.1 Å². The molecule has 2 aromatic carbocycles. The van der Waals surface area contributed by atoms with Crippen molar-refractivity contribution in [1.29, 1.82) is 0 Å². The zero-order valence-corrected chi connectivity index (χ0v) is 18.6. The molecule has 0 aliphatic heterocycles. The Morgan fingerprint density at radius 3 is 2.53 bits per heavy atom. The van der Waals surface area contributed by atoms with Crippen LogP contribution in [-0.2, 0) is 11.3 Å². The number of hydrogen-bond donors (Lipinski definition) is 1. The molecule has 3 rings (SSSR count). The summed E-state index contributed by atoms with van der Waals surface area (Å²) >= 11 is 7.22. The number of aromatic amines is 1. The molecule has 30 heavy (non-hydrogen) atoms. The van der Waals surface area contributed by atoms with E-state index in [4.69, 9.17) is 21.1 Å². The molecule has 0 radical (unpaired) electrons. The first-order chi connectivity index (χ1) is 14.5. The van der Waals surface area contributed by atoms with E-state index in [0.29, 0.717) is 40.6 Å². The molecule has 158 valence electrons. The first-order valence-corrected chi connectivity index (χ1v) is 10.7. The highest BCUT2D eigenvalue weighted by Crippen LogP contribution is 2.28. The second-order valence-electron chi connectivity index (χ2n) is 6.36. The Morgan fingerprint density at radius 2 is 1.87 bits per heavy atom. The number of hydrogen-bond acceptors (Lipinski definition) is 6. The van der Waals surface area contributed by atoms with Gasteiger partial charge in [-0.05, 0) is 48.9 Å². The van der Waals surface area contributed by atoms with Crippen molar-refractivity contribution >= 4 is 29.3 Å². The van der Waals surface area contributed by atoms with E-state index in [9.17, 15) is 4.79 Å². The Labute approximate surface area is 184 Å². The van der Waals surface area contributed by atoms with E-state index in [1.165, 1.54) is 11.8 Å². The van der Waals surface area contributed by atoms with Crippen LogP contribution in [0.5, 0.6) is 11.5 Å². The molecule has 1 aromatic heterocycles.